The molecule has 1 aliphatic rings. The Kier molecular flexibility index (Phi) is 4.83. The van der Waals surface area contributed by atoms with Gasteiger partial charge in [0.25, 0.3) is 0 Å². The highest BCUT2D eigenvalue weighted by Crippen LogP contribution is 2.27. The quantitative estimate of drug-likeness (QED) is 0.719. The number of rotatable bonds is 5. The van der Waals surface area contributed by atoms with Crippen LogP contribution >= 0.6 is 0 Å². The number of oxazole rings is 1. The van der Waals surface area contributed by atoms with Crippen molar-refractivity contribution in [1.29, 1.82) is 0 Å². The molecule has 0 spiro atoms. The zero-order valence-corrected chi connectivity index (χ0v) is 15.4. The molecule has 0 aliphatic heterocycles. The van der Waals surface area contributed by atoms with Gasteiger partial charge in [-0.25, -0.2) is 4.79 Å². The summed E-state index contributed by atoms with van der Waals surface area (Å²) in [7, 11) is 0. The van der Waals surface area contributed by atoms with Gasteiger partial charge in [-0.3, -0.25) is 14.5 Å². The third-order valence-corrected chi connectivity index (χ3v) is 5.40. The maximum atomic E-state index is 12.6. The standard InChI is InChI=1S/C20H24N4O3/c1-13(24-16-9-5-6-10-17(16)27-20(24)26)19(25)21-18-12-15(22-23-18)11-14-7-3-2-4-8-14/h5-6,9-10,12-14H,2-4,7-8,11H2,1H3,(H2,21,22,23,25). The SMILES string of the molecule is CC(C(=O)Nc1cc(CC2CCCCC2)[nH]n1)n1c(=O)oc2ccccc21. The fraction of sp³-hybridized carbons (Fsp3) is 0.450. The molecule has 0 bridgehead atoms. The lowest BCUT2D eigenvalue weighted by atomic mass is 9.86. The molecule has 1 saturated carbocycles. The van der Waals surface area contributed by atoms with Crippen LogP contribution < -0.4 is 11.1 Å². The van der Waals surface area contributed by atoms with E-state index in [-0.39, 0.29) is 5.91 Å². The van der Waals surface area contributed by atoms with E-state index in [2.05, 4.69) is 15.5 Å². The van der Waals surface area contributed by atoms with Gasteiger partial charge in [0.15, 0.2) is 11.4 Å². The van der Waals surface area contributed by atoms with Crippen molar-refractivity contribution in [2.75, 3.05) is 5.32 Å². The van der Waals surface area contributed by atoms with Crippen LogP contribution in [0.3, 0.4) is 0 Å². The van der Waals surface area contributed by atoms with Gasteiger partial charge in [0.05, 0.1) is 5.52 Å². The molecule has 142 valence electrons. The smallest absolute Gasteiger partial charge is 0.408 e. The Morgan fingerprint density at radius 3 is 2.93 bits per heavy atom. The van der Waals surface area contributed by atoms with Crippen molar-refractivity contribution in [3.8, 4) is 0 Å². The molecule has 1 fully saturated rings. The Morgan fingerprint density at radius 2 is 2.11 bits per heavy atom. The lowest BCUT2D eigenvalue weighted by molar-refractivity contribution is -0.118. The van der Waals surface area contributed by atoms with Gasteiger partial charge in [-0.2, -0.15) is 5.10 Å². The number of benzene rings is 1. The van der Waals surface area contributed by atoms with Crippen LogP contribution in [0.2, 0.25) is 0 Å². The van der Waals surface area contributed by atoms with Crippen molar-refractivity contribution in [2.24, 2.45) is 5.92 Å². The topological polar surface area (TPSA) is 92.9 Å². The first-order chi connectivity index (χ1) is 13.1. The molecular weight excluding hydrogens is 344 g/mol. The number of carbonyl (C=O) groups is 1. The number of hydrogen-bond acceptors (Lipinski definition) is 4. The van der Waals surface area contributed by atoms with E-state index < -0.39 is 11.8 Å². The number of aromatic nitrogens is 3. The van der Waals surface area contributed by atoms with E-state index in [1.807, 2.05) is 12.1 Å². The second-order valence-electron chi connectivity index (χ2n) is 7.36. The van der Waals surface area contributed by atoms with E-state index in [4.69, 9.17) is 4.42 Å². The fourth-order valence-corrected chi connectivity index (χ4v) is 3.93. The summed E-state index contributed by atoms with van der Waals surface area (Å²) in [6, 6.07) is 8.25. The van der Waals surface area contributed by atoms with E-state index in [9.17, 15) is 9.59 Å². The van der Waals surface area contributed by atoms with Gasteiger partial charge in [-0.15, -0.1) is 0 Å². The Balaban J connectivity index is 1.45. The number of amides is 1. The molecule has 1 atom stereocenters. The third-order valence-electron chi connectivity index (χ3n) is 5.40. The van der Waals surface area contributed by atoms with Crippen LogP contribution in [0.4, 0.5) is 5.82 Å². The molecule has 4 rings (SSSR count). The van der Waals surface area contributed by atoms with Gasteiger partial charge in [-0.1, -0.05) is 44.2 Å². The molecule has 3 aromatic rings. The fourth-order valence-electron chi connectivity index (χ4n) is 3.93. The molecule has 0 radical (unpaired) electrons. The number of nitrogens with one attached hydrogen (secondary N) is 2. The van der Waals surface area contributed by atoms with Crippen molar-refractivity contribution in [2.45, 2.75) is 51.5 Å². The first-order valence-electron chi connectivity index (χ1n) is 9.57. The Morgan fingerprint density at radius 1 is 1.33 bits per heavy atom. The van der Waals surface area contributed by atoms with Crippen LogP contribution in [0.25, 0.3) is 11.1 Å². The highest BCUT2D eigenvalue weighted by Gasteiger charge is 2.22. The third kappa shape index (κ3) is 3.67. The molecule has 2 aromatic heterocycles. The number of nitrogens with zero attached hydrogens (tertiary/aromatic N) is 2. The molecule has 27 heavy (non-hydrogen) atoms. The molecule has 7 heteroatoms. The summed E-state index contributed by atoms with van der Waals surface area (Å²) in [6.45, 7) is 1.67. The van der Waals surface area contributed by atoms with Crippen LogP contribution in [0.1, 0.15) is 50.8 Å². The summed E-state index contributed by atoms with van der Waals surface area (Å²) in [5.74, 6) is 0.328. The number of para-hydroxylation sites is 2. The summed E-state index contributed by atoms with van der Waals surface area (Å²) >= 11 is 0. The minimum atomic E-state index is -0.709. The molecule has 2 N–H and O–H groups in total. The number of H-pyrrole nitrogens is 1. The van der Waals surface area contributed by atoms with Crippen LogP contribution in [-0.4, -0.2) is 20.7 Å². The zero-order chi connectivity index (χ0) is 18.8. The second kappa shape index (κ2) is 7.42. The van der Waals surface area contributed by atoms with Gasteiger partial charge >= 0.3 is 5.76 Å². The number of carbonyl (C=O) groups excluding carboxylic acids is 1. The number of fused-ring (bicyclic) bond motifs is 1. The monoisotopic (exact) mass is 368 g/mol. The van der Waals surface area contributed by atoms with Gasteiger partial charge in [0, 0.05) is 11.8 Å². The van der Waals surface area contributed by atoms with Crippen molar-refractivity contribution < 1.29 is 9.21 Å². The Bertz CT molecular complexity index is 994. The number of aromatic amines is 1. The minimum absolute atomic E-state index is 0.306. The van der Waals surface area contributed by atoms with E-state index in [1.54, 1.807) is 25.1 Å². The summed E-state index contributed by atoms with van der Waals surface area (Å²) in [5.41, 5.74) is 2.11. The zero-order valence-electron chi connectivity index (χ0n) is 15.4. The maximum Gasteiger partial charge on any atom is 0.420 e. The highest BCUT2D eigenvalue weighted by molar-refractivity contribution is 5.93. The van der Waals surface area contributed by atoms with Gasteiger partial charge in [0.1, 0.15) is 6.04 Å². The second-order valence-corrected chi connectivity index (χ2v) is 7.36. The first kappa shape index (κ1) is 17.6. The highest BCUT2D eigenvalue weighted by atomic mass is 16.4. The molecule has 1 aliphatic carbocycles. The average Bonchev–Trinajstić information content (AvgIpc) is 3.24. The summed E-state index contributed by atoms with van der Waals surface area (Å²) in [4.78, 5) is 24.8. The normalized spacial score (nSPS) is 16.5. The van der Waals surface area contributed by atoms with E-state index in [1.165, 1.54) is 36.7 Å². The lowest BCUT2D eigenvalue weighted by Gasteiger charge is -2.20. The predicted molar refractivity (Wildman–Crippen MR) is 103 cm³/mol. The molecule has 1 aromatic carbocycles. The molecule has 1 amide bonds. The molecule has 2 heterocycles. The Hall–Kier alpha value is -2.83. The first-order valence-corrected chi connectivity index (χ1v) is 9.57. The van der Waals surface area contributed by atoms with Crippen molar-refractivity contribution >= 4 is 22.8 Å². The number of hydrogen-bond donors (Lipinski definition) is 2. The van der Waals surface area contributed by atoms with Gasteiger partial charge < -0.3 is 9.73 Å². The van der Waals surface area contributed by atoms with Crippen LogP contribution in [0.5, 0.6) is 0 Å². The number of anilines is 1. The van der Waals surface area contributed by atoms with E-state index in [0.717, 1.165) is 12.1 Å². The van der Waals surface area contributed by atoms with Crippen LogP contribution in [0.15, 0.2) is 39.5 Å². The van der Waals surface area contributed by atoms with Crippen molar-refractivity contribution in [3.63, 3.8) is 0 Å². The molecular formula is C20H24N4O3. The average molecular weight is 368 g/mol. The molecule has 7 nitrogen and oxygen atoms in total. The van der Waals surface area contributed by atoms with Crippen LogP contribution in [-0.2, 0) is 11.2 Å². The maximum absolute atomic E-state index is 12.6. The van der Waals surface area contributed by atoms with Crippen molar-refractivity contribution in [3.05, 3.63) is 46.6 Å². The minimum Gasteiger partial charge on any atom is -0.408 e. The molecule has 0 saturated heterocycles. The summed E-state index contributed by atoms with van der Waals surface area (Å²) in [5, 5.41) is 10.0. The predicted octanol–water partition coefficient (Wildman–Crippen LogP) is 3.64. The van der Waals surface area contributed by atoms with E-state index in [0.29, 0.717) is 22.8 Å². The summed E-state index contributed by atoms with van der Waals surface area (Å²) < 4.78 is 6.58. The molecule has 1 unspecified atom stereocenters. The van der Waals surface area contributed by atoms with Gasteiger partial charge in [0.2, 0.25) is 5.91 Å². The van der Waals surface area contributed by atoms with Crippen molar-refractivity contribution in [1.82, 2.24) is 14.8 Å². The largest absolute Gasteiger partial charge is 0.420 e. The lowest BCUT2D eigenvalue weighted by Crippen LogP contribution is -2.29. The summed E-state index contributed by atoms with van der Waals surface area (Å²) in [6.07, 6.45) is 7.41. The van der Waals surface area contributed by atoms with E-state index >= 15 is 0 Å². The van der Waals surface area contributed by atoms with Crippen LogP contribution in [0, 0.1) is 5.92 Å². The van der Waals surface area contributed by atoms with Gasteiger partial charge in [-0.05, 0) is 31.4 Å². The Labute approximate surface area is 156 Å².